The summed E-state index contributed by atoms with van der Waals surface area (Å²) in [6.07, 6.45) is 0. The summed E-state index contributed by atoms with van der Waals surface area (Å²) in [5, 5.41) is 0. The van der Waals surface area contributed by atoms with Crippen LogP contribution in [0.15, 0.2) is 58.3 Å². The molecule has 0 fully saturated rings. The minimum Gasteiger partial charge on any atom is -0.207 e. The van der Waals surface area contributed by atoms with Crippen LogP contribution in [0, 0.1) is 12.7 Å². The molecule has 0 atom stereocenters. The summed E-state index contributed by atoms with van der Waals surface area (Å²) in [5.74, 6) is -0.643. The van der Waals surface area contributed by atoms with E-state index in [1.54, 1.807) is 6.92 Å². The molecule has 2 rings (SSSR count). The van der Waals surface area contributed by atoms with E-state index in [4.69, 9.17) is 0 Å². The van der Waals surface area contributed by atoms with Gasteiger partial charge < -0.3 is 0 Å². The molecule has 0 aliphatic rings. The zero-order valence-corrected chi connectivity index (χ0v) is 12.5. The average molecular weight is 330 g/mol. The number of benzene rings is 2. The van der Waals surface area contributed by atoms with Gasteiger partial charge in [-0.05, 0) is 43.3 Å². The molecule has 0 radical (unpaired) electrons. The third-order valence-electron chi connectivity index (χ3n) is 2.59. The van der Waals surface area contributed by atoms with Crippen LogP contribution in [0.5, 0.6) is 0 Å². The van der Waals surface area contributed by atoms with Crippen LogP contribution < -0.4 is 0 Å². The van der Waals surface area contributed by atoms with E-state index in [-0.39, 0.29) is 4.90 Å². The molecular weight excluding hydrogens is 319 g/mol. The van der Waals surface area contributed by atoms with E-state index in [2.05, 4.69) is 3.63 Å². The van der Waals surface area contributed by atoms with Gasteiger partial charge in [0, 0.05) is 0 Å². The van der Waals surface area contributed by atoms with Crippen LogP contribution in [0.1, 0.15) is 5.56 Å². The molecule has 112 valence electrons. The molecule has 0 unspecified atom stereocenters. The van der Waals surface area contributed by atoms with Crippen molar-refractivity contribution < 1.29 is 24.9 Å². The maximum atomic E-state index is 12.8. The lowest BCUT2D eigenvalue weighted by Gasteiger charge is -2.06. The van der Waals surface area contributed by atoms with Gasteiger partial charge >= 0.3 is 20.2 Å². The lowest BCUT2D eigenvalue weighted by molar-refractivity contribution is 0.461. The van der Waals surface area contributed by atoms with Gasteiger partial charge in [0.1, 0.15) is 5.82 Å². The first kappa shape index (κ1) is 15.6. The lowest BCUT2D eigenvalue weighted by Crippen LogP contribution is -2.14. The van der Waals surface area contributed by atoms with E-state index in [9.17, 15) is 21.2 Å². The minimum atomic E-state index is -4.55. The summed E-state index contributed by atoms with van der Waals surface area (Å²) in [7, 11) is -9.02. The smallest absolute Gasteiger partial charge is 0.207 e. The molecule has 0 saturated heterocycles. The predicted molar refractivity (Wildman–Crippen MR) is 73.0 cm³/mol. The summed E-state index contributed by atoms with van der Waals surface area (Å²) in [6.45, 7) is 1.76. The topological polar surface area (TPSA) is 77.5 Å². The maximum absolute atomic E-state index is 12.8. The molecular formula is C13H11FO5S2. The van der Waals surface area contributed by atoms with Gasteiger partial charge in [-0.2, -0.15) is 16.8 Å². The first-order valence-electron chi connectivity index (χ1n) is 5.74. The SMILES string of the molecule is Cc1ccc(S(=O)(=O)OS(=O)(=O)c2ccc(F)cc2)cc1. The second-order valence-corrected chi connectivity index (χ2v) is 7.55. The summed E-state index contributed by atoms with van der Waals surface area (Å²) >= 11 is 0. The van der Waals surface area contributed by atoms with E-state index < -0.39 is 30.9 Å². The Morgan fingerprint density at radius 3 is 1.57 bits per heavy atom. The highest BCUT2D eigenvalue weighted by molar-refractivity contribution is 7.99. The van der Waals surface area contributed by atoms with E-state index >= 15 is 0 Å². The highest BCUT2D eigenvalue weighted by atomic mass is 32.3. The fourth-order valence-electron chi connectivity index (χ4n) is 1.50. The number of halogens is 1. The minimum absolute atomic E-state index is 0.279. The number of rotatable bonds is 4. The third-order valence-corrected chi connectivity index (χ3v) is 5.72. The van der Waals surface area contributed by atoms with Crippen molar-refractivity contribution >= 4 is 20.2 Å². The standard InChI is InChI=1S/C13H11FO5S2/c1-10-2-6-12(7-3-10)20(15,16)19-21(17,18)13-8-4-11(14)5-9-13/h2-9H,1H3. The second-order valence-electron chi connectivity index (χ2n) is 4.24. The van der Waals surface area contributed by atoms with Gasteiger partial charge in [0.2, 0.25) is 0 Å². The summed E-state index contributed by atoms with van der Waals surface area (Å²) in [4.78, 5) is -0.724. The summed E-state index contributed by atoms with van der Waals surface area (Å²) < 4.78 is 64.7. The van der Waals surface area contributed by atoms with Crippen molar-refractivity contribution in [3.05, 3.63) is 59.9 Å². The molecule has 0 amide bonds. The Morgan fingerprint density at radius 1 is 0.762 bits per heavy atom. The van der Waals surface area contributed by atoms with E-state index in [0.29, 0.717) is 0 Å². The number of hydrogen-bond donors (Lipinski definition) is 0. The number of hydrogen-bond acceptors (Lipinski definition) is 5. The van der Waals surface area contributed by atoms with Gasteiger partial charge in [0.15, 0.2) is 0 Å². The van der Waals surface area contributed by atoms with Gasteiger partial charge in [0.05, 0.1) is 9.79 Å². The van der Waals surface area contributed by atoms with Crippen LogP contribution in [0.25, 0.3) is 0 Å². The van der Waals surface area contributed by atoms with Crippen molar-refractivity contribution in [3.63, 3.8) is 0 Å². The maximum Gasteiger partial charge on any atom is 0.311 e. The van der Waals surface area contributed by atoms with E-state index in [1.807, 2.05) is 0 Å². The van der Waals surface area contributed by atoms with Gasteiger partial charge in [-0.1, -0.05) is 17.7 Å². The predicted octanol–water partition coefficient (Wildman–Crippen LogP) is 2.23. The van der Waals surface area contributed by atoms with Crippen molar-refractivity contribution in [2.45, 2.75) is 16.7 Å². The van der Waals surface area contributed by atoms with Crippen molar-refractivity contribution in [2.24, 2.45) is 0 Å². The Morgan fingerprint density at radius 2 is 1.14 bits per heavy atom. The Kier molecular flexibility index (Phi) is 4.13. The Balaban J connectivity index is 2.35. The molecule has 2 aromatic carbocycles. The normalized spacial score (nSPS) is 12.3. The molecule has 0 aliphatic carbocycles. The molecule has 2 aromatic rings. The fraction of sp³-hybridized carbons (Fsp3) is 0.0769. The van der Waals surface area contributed by atoms with Gasteiger partial charge in [-0.15, -0.1) is 3.63 Å². The van der Waals surface area contributed by atoms with Crippen molar-refractivity contribution in [1.29, 1.82) is 0 Å². The first-order chi connectivity index (χ1) is 9.71. The molecule has 0 aliphatic heterocycles. The lowest BCUT2D eigenvalue weighted by atomic mass is 10.2. The highest BCUT2D eigenvalue weighted by Crippen LogP contribution is 2.20. The van der Waals surface area contributed by atoms with Crippen LogP contribution in [-0.4, -0.2) is 16.8 Å². The van der Waals surface area contributed by atoms with Crippen LogP contribution in [-0.2, 0) is 23.9 Å². The van der Waals surface area contributed by atoms with Crippen molar-refractivity contribution in [3.8, 4) is 0 Å². The largest absolute Gasteiger partial charge is 0.311 e. The first-order valence-corrected chi connectivity index (χ1v) is 8.56. The molecule has 0 saturated carbocycles. The Hall–Kier alpha value is -1.77. The van der Waals surface area contributed by atoms with E-state index in [1.165, 1.54) is 24.3 Å². The molecule has 8 heteroatoms. The average Bonchev–Trinajstić information content (AvgIpc) is 2.38. The Labute approximate surface area is 122 Å². The highest BCUT2D eigenvalue weighted by Gasteiger charge is 2.26. The third kappa shape index (κ3) is 3.66. The Bertz CT molecular complexity index is 765. The van der Waals surface area contributed by atoms with Crippen molar-refractivity contribution in [2.75, 3.05) is 0 Å². The van der Waals surface area contributed by atoms with Gasteiger partial charge in [0.25, 0.3) is 0 Å². The molecule has 0 heterocycles. The summed E-state index contributed by atoms with van der Waals surface area (Å²) in [6, 6.07) is 9.16. The van der Waals surface area contributed by atoms with Crippen LogP contribution in [0.2, 0.25) is 0 Å². The zero-order valence-electron chi connectivity index (χ0n) is 10.9. The monoisotopic (exact) mass is 330 g/mol. The molecule has 0 spiro atoms. The zero-order chi connectivity index (χ0) is 15.7. The fourth-order valence-corrected chi connectivity index (χ4v) is 4.01. The van der Waals surface area contributed by atoms with Crippen LogP contribution in [0.4, 0.5) is 4.39 Å². The molecule has 0 N–H and O–H groups in total. The number of aryl methyl sites for hydroxylation is 1. The molecule has 5 nitrogen and oxygen atoms in total. The van der Waals surface area contributed by atoms with Crippen LogP contribution >= 0.6 is 0 Å². The van der Waals surface area contributed by atoms with Gasteiger partial charge in [-0.3, -0.25) is 0 Å². The quantitative estimate of drug-likeness (QED) is 0.859. The second kappa shape index (κ2) is 5.55. The van der Waals surface area contributed by atoms with Crippen LogP contribution in [0.3, 0.4) is 0 Å². The molecule has 21 heavy (non-hydrogen) atoms. The summed E-state index contributed by atoms with van der Waals surface area (Å²) in [5.41, 5.74) is 0.815. The van der Waals surface area contributed by atoms with E-state index in [0.717, 1.165) is 29.8 Å². The molecule has 0 aromatic heterocycles. The van der Waals surface area contributed by atoms with Crippen molar-refractivity contribution in [1.82, 2.24) is 0 Å². The van der Waals surface area contributed by atoms with Gasteiger partial charge in [-0.25, -0.2) is 4.39 Å². The molecule has 0 bridgehead atoms.